The molecule has 2 atom stereocenters. The molecule has 0 saturated carbocycles. The summed E-state index contributed by atoms with van der Waals surface area (Å²) in [4.78, 5) is 3.96. The molecule has 0 amide bonds. The van der Waals surface area contributed by atoms with E-state index in [4.69, 9.17) is 5.73 Å². The zero-order chi connectivity index (χ0) is 13.0. The lowest BCUT2D eigenvalue weighted by Gasteiger charge is -2.37. The minimum atomic E-state index is 0.168. The highest BCUT2D eigenvalue weighted by Crippen LogP contribution is 2.32. The third kappa shape index (κ3) is 3.54. The summed E-state index contributed by atoms with van der Waals surface area (Å²) in [6, 6.07) is 3.25. The first-order valence-corrected chi connectivity index (χ1v) is 7.42. The summed E-state index contributed by atoms with van der Waals surface area (Å²) < 4.78 is 0. The van der Waals surface area contributed by atoms with Gasteiger partial charge in [-0.15, -0.1) is 11.3 Å². The van der Waals surface area contributed by atoms with Gasteiger partial charge in [-0.3, -0.25) is 4.90 Å². The maximum absolute atomic E-state index is 6.23. The fourth-order valence-electron chi connectivity index (χ4n) is 2.36. The van der Waals surface area contributed by atoms with Crippen LogP contribution in [0.25, 0.3) is 0 Å². The Bertz CT molecular complexity index is 331. The molecule has 2 N–H and O–H groups in total. The Labute approximate surface area is 110 Å². The molecule has 1 rings (SSSR count). The molecule has 2 nitrogen and oxygen atoms in total. The van der Waals surface area contributed by atoms with Crippen LogP contribution >= 0.6 is 11.3 Å². The molecule has 0 aromatic carbocycles. The van der Waals surface area contributed by atoms with E-state index in [9.17, 15) is 0 Å². The molecular weight excluding hydrogens is 228 g/mol. The van der Waals surface area contributed by atoms with Crippen LogP contribution in [0.15, 0.2) is 11.4 Å². The van der Waals surface area contributed by atoms with Crippen molar-refractivity contribution in [3.63, 3.8) is 0 Å². The topological polar surface area (TPSA) is 29.3 Å². The highest BCUT2D eigenvalue weighted by molar-refractivity contribution is 7.10. The second-order valence-corrected chi connectivity index (χ2v) is 6.05. The Morgan fingerprint density at radius 2 is 2.00 bits per heavy atom. The van der Waals surface area contributed by atoms with E-state index in [-0.39, 0.29) is 6.04 Å². The normalized spacial score (nSPS) is 15.5. The van der Waals surface area contributed by atoms with E-state index in [1.165, 1.54) is 16.9 Å². The van der Waals surface area contributed by atoms with Crippen LogP contribution < -0.4 is 5.73 Å². The van der Waals surface area contributed by atoms with Crippen molar-refractivity contribution >= 4 is 11.3 Å². The van der Waals surface area contributed by atoms with E-state index < -0.39 is 0 Å². The van der Waals surface area contributed by atoms with Crippen molar-refractivity contribution in [2.75, 3.05) is 6.54 Å². The Balaban J connectivity index is 3.03. The first-order chi connectivity index (χ1) is 7.99. The van der Waals surface area contributed by atoms with Gasteiger partial charge >= 0.3 is 0 Å². The molecule has 1 aromatic rings. The maximum atomic E-state index is 6.23. The van der Waals surface area contributed by atoms with E-state index in [0.717, 1.165) is 6.54 Å². The summed E-state index contributed by atoms with van der Waals surface area (Å²) in [5, 5.41) is 2.17. The minimum absolute atomic E-state index is 0.168. The van der Waals surface area contributed by atoms with Crippen LogP contribution in [-0.2, 0) is 0 Å². The van der Waals surface area contributed by atoms with Gasteiger partial charge in [0, 0.05) is 17.0 Å². The monoisotopic (exact) mass is 254 g/mol. The number of nitrogens with zero attached hydrogens (tertiary/aromatic N) is 1. The molecule has 0 aliphatic rings. The van der Waals surface area contributed by atoms with Gasteiger partial charge in [0.2, 0.25) is 0 Å². The van der Waals surface area contributed by atoms with Crippen molar-refractivity contribution in [1.29, 1.82) is 0 Å². The lowest BCUT2D eigenvalue weighted by molar-refractivity contribution is 0.138. The molecule has 3 heteroatoms. The van der Waals surface area contributed by atoms with Gasteiger partial charge < -0.3 is 5.73 Å². The molecule has 0 aliphatic heterocycles. The lowest BCUT2D eigenvalue weighted by atomic mass is 10.0. The Morgan fingerprint density at radius 3 is 2.35 bits per heavy atom. The van der Waals surface area contributed by atoms with Gasteiger partial charge in [-0.05, 0) is 57.7 Å². The third-order valence-electron chi connectivity index (χ3n) is 3.17. The molecule has 98 valence electrons. The summed E-state index contributed by atoms with van der Waals surface area (Å²) in [5.41, 5.74) is 7.60. The quantitative estimate of drug-likeness (QED) is 0.841. The highest BCUT2D eigenvalue weighted by Gasteiger charge is 2.27. The summed E-state index contributed by atoms with van der Waals surface area (Å²) in [6.07, 6.45) is 1.17. The fourth-order valence-corrected chi connectivity index (χ4v) is 3.52. The molecule has 0 saturated heterocycles. The Kier molecular flexibility index (Phi) is 5.63. The van der Waals surface area contributed by atoms with Gasteiger partial charge in [-0.25, -0.2) is 0 Å². The van der Waals surface area contributed by atoms with Crippen molar-refractivity contribution in [3.8, 4) is 0 Å². The van der Waals surface area contributed by atoms with Crippen molar-refractivity contribution in [2.24, 2.45) is 5.73 Å². The standard InChI is InChI=1S/C14H26N2S/c1-6-8-16(10(2)3)13(12(5)15)14-11(4)7-9-17-14/h7,9-10,12-13H,6,8,15H2,1-5H3. The van der Waals surface area contributed by atoms with Crippen LogP contribution in [0.4, 0.5) is 0 Å². The van der Waals surface area contributed by atoms with Crippen molar-refractivity contribution in [1.82, 2.24) is 4.90 Å². The van der Waals surface area contributed by atoms with E-state index in [0.29, 0.717) is 12.1 Å². The van der Waals surface area contributed by atoms with Gasteiger partial charge in [0.15, 0.2) is 0 Å². The Morgan fingerprint density at radius 1 is 1.35 bits per heavy atom. The van der Waals surface area contributed by atoms with Crippen molar-refractivity contribution in [3.05, 3.63) is 21.9 Å². The molecule has 0 radical (unpaired) electrons. The van der Waals surface area contributed by atoms with Crippen LogP contribution in [-0.4, -0.2) is 23.5 Å². The first kappa shape index (κ1) is 14.7. The number of nitrogens with two attached hydrogens (primary N) is 1. The van der Waals surface area contributed by atoms with Gasteiger partial charge in [-0.2, -0.15) is 0 Å². The zero-order valence-corrected chi connectivity index (χ0v) is 12.6. The highest BCUT2D eigenvalue weighted by atomic mass is 32.1. The first-order valence-electron chi connectivity index (χ1n) is 6.54. The maximum Gasteiger partial charge on any atom is 0.0595 e. The molecule has 0 bridgehead atoms. The van der Waals surface area contributed by atoms with E-state index in [1.54, 1.807) is 0 Å². The summed E-state index contributed by atoms with van der Waals surface area (Å²) in [6.45, 7) is 12.2. The van der Waals surface area contributed by atoms with Crippen molar-refractivity contribution < 1.29 is 0 Å². The molecule has 0 spiro atoms. The second-order valence-electron chi connectivity index (χ2n) is 5.10. The molecule has 1 aromatic heterocycles. The van der Waals surface area contributed by atoms with Crippen LogP contribution in [0.3, 0.4) is 0 Å². The summed E-state index contributed by atoms with van der Waals surface area (Å²) in [5.74, 6) is 0. The van der Waals surface area contributed by atoms with E-state index in [1.807, 2.05) is 11.3 Å². The van der Waals surface area contributed by atoms with Gasteiger partial charge in [0.1, 0.15) is 0 Å². The van der Waals surface area contributed by atoms with Crippen LogP contribution in [0.5, 0.6) is 0 Å². The molecule has 1 heterocycles. The molecule has 0 aliphatic carbocycles. The molecule has 2 unspecified atom stereocenters. The molecule has 0 fully saturated rings. The minimum Gasteiger partial charge on any atom is -0.326 e. The molecular formula is C14H26N2S. The predicted octanol–water partition coefficient (Wildman–Crippen LogP) is 3.57. The number of hydrogen-bond donors (Lipinski definition) is 1. The van der Waals surface area contributed by atoms with Crippen LogP contribution in [0.1, 0.15) is 50.6 Å². The fraction of sp³-hybridized carbons (Fsp3) is 0.714. The second kappa shape index (κ2) is 6.53. The van der Waals surface area contributed by atoms with Crippen LogP contribution in [0, 0.1) is 6.92 Å². The van der Waals surface area contributed by atoms with Gasteiger partial charge in [0.25, 0.3) is 0 Å². The number of thiophene rings is 1. The Hall–Kier alpha value is -0.380. The van der Waals surface area contributed by atoms with E-state index >= 15 is 0 Å². The number of hydrogen-bond acceptors (Lipinski definition) is 3. The van der Waals surface area contributed by atoms with E-state index in [2.05, 4.69) is 51.0 Å². The van der Waals surface area contributed by atoms with Crippen molar-refractivity contribution in [2.45, 2.75) is 59.2 Å². The lowest BCUT2D eigenvalue weighted by Crippen LogP contribution is -2.43. The number of aryl methyl sites for hydroxylation is 1. The SMILES string of the molecule is CCCN(C(C)C)C(c1sccc1C)C(C)N. The number of rotatable bonds is 6. The molecule has 17 heavy (non-hydrogen) atoms. The average Bonchev–Trinajstić information content (AvgIpc) is 2.63. The van der Waals surface area contributed by atoms with Gasteiger partial charge in [0.05, 0.1) is 6.04 Å². The van der Waals surface area contributed by atoms with Crippen LogP contribution in [0.2, 0.25) is 0 Å². The summed E-state index contributed by atoms with van der Waals surface area (Å²) >= 11 is 1.84. The largest absolute Gasteiger partial charge is 0.326 e. The smallest absolute Gasteiger partial charge is 0.0595 e. The zero-order valence-electron chi connectivity index (χ0n) is 11.7. The third-order valence-corrected chi connectivity index (χ3v) is 4.26. The predicted molar refractivity (Wildman–Crippen MR) is 77.6 cm³/mol. The van der Waals surface area contributed by atoms with Gasteiger partial charge in [-0.1, -0.05) is 6.92 Å². The summed E-state index contributed by atoms with van der Waals surface area (Å²) in [7, 11) is 0. The average molecular weight is 254 g/mol.